The van der Waals surface area contributed by atoms with Crippen molar-refractivity contribution in [1.82, 2.24) is 30.6 Å². The highest BCUT2D eigenvalue weighted by Gasteiger charge is 2.50. The molecule has 0 spiro atoms. The number of amides is 5. The first-order valence-corrected chi connectivity index (χ1v) is 23.4. The number of fused-ring (bicyclic) bond motifs is 2. The van der Waals surface area contributed by atoms with Crippen LogP contribution in [-0.4, -0.2) is 90.9 Å². The normalized spacial score (nSPS) is 22.4. The summed E-state index contributed by atoms with van der Waals surface area (Å²) in [5, 5.41) is 14.4. The topological polar surface area (TPSA) is 173 Å². The van der Waals surface area contributed by atoms with Crippen molar-refractivity contribution in [2.24, 2.45) is 18.7 Å². The van der Waals surface area contributed by atoms with E-state index in [0.717, 1.165) is 61.8 Å². The van der Waals surface area contributed by atoms with E-state index in [2.05, 4.69) is 38.1 Å². The van der Waals surface area contributed by atoms with E-state index in [4.69, 9.17) is 26.8 Å². The highest BCUT2D eigenvalue weighted by molar-refractivity contribution is 6.34. The van der Waals surface area contributed by atoms with Gasteiger partial charge in [0.1, 0.15) is 11.6 Å². The average Bonchev–Trinajstić information content (AvgIpc) is 3.81. The summed E-state index contributed by atoms with van der Waals surface area (Å²) in [6.45, 7) is 5.72. The molecule has 4 aliphatic rings. The van der Waals surface area contributed by atoms with Gasteiger partial charge >= 0.3 is 6.03 Å². The fourth-order valence-corrected chi connectivity index (χ4v) is 10.9. The number of nitrogens with two attached hydrogens (primary N) is 1. The lowest BCUT2D eigenvalue weighted by Crippen LogP contribution is -2.49. The standard InChI is InChI=1S/C50H55ClF2N8O6/c1-28-41-39(26-36(52)44(51)43(41)42-35(46(54)63)15-16-38(66-3)45(42)53)67-50(28,32-7-5-4-6-8-32)27-56-33-12-9-30(10-13-33)48(64)55-20-24-60-21-17-29(18-22-60)31-11-14-34-37(25-31)59(2)58-47(34)61-23-19-40(62)57-49(61)65/h4-8,11,14-16,25-26,28-30,33,56H,9-10,12-13,17-24,27H2,1-3H3,(H2,54,63)(H,55,64)(H,57,62,65). The van der Waals surface area contributed by atoms with Gasteiger partial charge in [0, 0.05) is 85.7 Å². The zero-order chi connectivity index (χ0) is 47.1. The van der Waals surface area contributed by atoms with Crippen molar-refractivity contribution in [1.29, 1.82) is 0 Å². The van der Waals surface area contributed by atoms with Crippen molar-refractivity contribution in [2.75, 3.05) is 51.3 Å². The number of nitrogens with zero attached hydrogens (tertiary/aromatic N) is 4. The van der Waals surface area contributed by atoms with Crippen LogP contribution < -0.4 is 36.1 Å². The first-order valence-electron chi connectivity index (χ1n) is 23.0. The Hall–Kier alpha value is -6.10. The van der Waals surface area contributed by atoms with Crippen molar-refractivity contribution in [3.63, 3.8) is 0 Å². The van der Waals surface area contributed by atoms with Gasteiger partial charge in [-0.05, 0) is 92.9 Å². The second-order valence-corrected chi connectivity index (χ2v) is 18.6. The molecule has 3 fully saturated rings. The number of halogens is 3. The summed E-state index contributed by atoms with van der Waals surface area (Å²) in [4.78, 5) is 54.2. The summed E-state index contributed by atoms with van der Waals surface area (Å²) in [6, 6.07) is 19.4. The predicted molar refractivity (Wildman–Crippen MR) is 250 cm³/mol. The summed E-state index contributed by atoms with van der Waals surface area (Å²) >= 11 is 6.68. The highest BCUT2D eigenvalue weighted by atomic mass is 35.5. The zero-order valence-corrected chi connectivity index (χ0v) is 38.6. The van der Waals surface area contributed by atoms with E-state index in [-0.39, 0.29) is 63.4 Å². The number of nitrogens with one attached hydrogen (secondary N) is 3. The van der Waals surface area contributed by atoms with Gasteiger partial charge in [-0.2, -0.15) is 5.10 Å². The van der Waals surface area contributed by atoms with Crippen molar-refractivity contribution >= 4 is 52.1 Å². The van der Waals surface area contributed by atoms with E-state index >= 15 is 8.78 Å². The van der Waals surface area contributed by atoms with Crippen LogP contribution in [0.15, 0.2) is 66.7 Å². The molecule has 14 nitrogen and oxygen atoms in total. The third kappa shape index (κ3) is 8.70. The Morgan fingerprint density at radius 1 is 0.985 bits per heavy atom. The molecule has 4 aromatic carbocycles. The number of ether oxygens (including phenoxy) is 2. The summed E-state index contributed by atoms with van der Waals surface area (Å²) in [5.74, 6) is -2.49. The van der Waals surface area contributed by atoms with Crippen molar-refractivity contribution in [3.05, 3.63) is 106 Å². The van der Waals surface area contributed by atoms with Crippen molar-refractivity contribution in [3.8, 4) is 22.6 Å². The number of likely N-dealkylation sites (tertiary alicyclic amines) is 1. The number of aromatic nitrogens is 2. The molecule has 2 atom stereocenters. The molecule has 9 rings (SSSR count). The number of aryl methyl sites for hydroxylation is 1. The van der Waals surface area contributed by atoms with Gasteiger partial charge in [-0.25, -0.2) is 13.6 Å². The number of rotatable bonds is 13. The highest BCUT2D eigenvalue weighted by Crippen LogP contribution is 2.56. The maximum absolute atomic E-state index is 16.2. The fraction of sp³-hybridized carbons (Fsp3) is 0.420. The molecule has 1 aromatic heterocycles. The summed E-state index contributed by atoms with van der Waals surface area (Å²) < 4.78 is 45.7. The minimum atomic E-state index is -1.07. The third-order valence-corrected chi connectivity index (χ3v) is 14.8. The number of methoxy groups -OCH3 is 1. The lowest BCUT2D eigenvalue weighted by molar-refractivity contribution is -0.126. The second-order valence-electron chi connectivity index (χ2n) is 18.2. The molecule has 5 amide bonds. The molecule has 352 valence electrons. The average molecular weight is 937 g/mol. The van der Waals surface area contributed by atoms with Crippen molar-refractivity contribution in [2.45, 2.75) is 75.3 Å². The minimum Gasteiger partial charge on any atom is -0.494 e. The Labute approximate surface area is 392 Å². The Morgan fingerprint density at radius 2 is 1.73 bits per heavy atom. The number of hydrogen-bond donors (Lipinski definition) is 4. The molecule has 17 heteroatoms. The van der Waals surface area contributed by atoms with E-state index in [1.54, 1.807) is 4.68 Å². The van der Waals surface area contributed by atoms with E-state index in [1.807, 2.05) is 50.4 Å². The number of hydrogen-bond acceptors (Lipinski definition) is 9. The summed E-state index contributed by atoms with van der Waals surface area (Å²) in [6.07, 6.45) is 5.18. The molecule has 4 heterocycles. The number of carbonyl (C=O) groups excluding carboxylic acids is 4. The van der Waals surface area contributed by atoms with Gasteiger partial charge in [0.25, 0.3) is 0 Å². The maximum Gasteiger partial charge on any atom is 0.329 e. The monoisotopic (exact) mass is 936 g/mol. The Morgan fingerprint density at radius 3 is 2.43 bits per heavy atom. The summed E-state index contributed by atoms with van der Waals surface area (Å²) in [7, 11) is 3.17. The molecule has 0 radical (unpaired) electrons. The van der Waals surface area contributed by atoms with Gasteiger partial charge < -0.3 is 30.7 Å². The van der Waals surface area contributed by atoms with Crippen LogP contribution in [0.3, 0.4) is 0 Å². The van der Waals surface area contributed by atoms with Gasteiger partial charge in [0.15, 0.2) is 23.0 Å². The van der Waals surface area contributed by atoms with Crippen LogP contribution in [0.2, 0.25) is 5.02 Å². The van der Waals surface area contributed by atoms with Crippen LogP contribution in [0, 0.1) is 17.6 Å². The molecule has 5 aromatic rings. The first-order chi connectivity index (χ1) is 32.3. The van der Waals surface area contributed by atoms with Crippen LogP contribution >= 0.6 is 11.6 Å². The molecule has 1 aliphatic carbocycles. The van der Waals surface area contributed by atoms with Crippen LogP contribution in [-0.2, 0) is 22.2 Å². The number of urea groups is 1. The Kier molecular flexibility index (Phi) is 13.0. The van der Waals surface area contributed by atoms with Crippen molar-refractivity contribution < 1.29 is 37.4 Å². The Balaban J connectivity index is 0.791. The molecule has 2 saturated heterocycles. The maximum atomic E-state index is 16.2. The largest absolute Gasteiger partial charge is 0.494 e. The quantitative estimate of drug-likeness (QED) is 0.0948. The SMILES string of the molecule is COc1ccc(C(N)=O)c(-c2c(Cl)c(F)cc3c2C(C)C(CNC2CCC(C(=O)NCCN4CCC(c5ccc6c(N7CCC(=O)NC7=O)nn(C)c6c5)CC4)CC2)(c2ccccc2)O3)c1F. The number of benzene rings is 4. The van der Waals surface area contributed by atoms with E-state index < -0.39 is 35.1 Å². The van der Waals surface area contributed by atoms with Gasteiger partial charge in [0.2, 0.25) is 17.7 Å². The van der Waals surface area contributed by atoms with Crippen LogP contribution in [0.4, 0.5) is 19.4 Å². The van der Waals surface area contributed by atoms with E-state index in [0.29, 0.717) is 49.8 Å². The minimum absolute atomic E-state index is 0.00879. The van der Waals surface area contributed by atoms with Gasteiger partial charge in [-0.3, -0.25) is 29.3 Å². The number of carbonyl (C=O) groups is 4. The van der Waals surface area contributed by atoms with Crippen LogP contribution in [0.25, 0.3) is 22.0 Å². The molecular formula is C50H55ClF2N8O6. The number of imide groups is 1. The molecule has 67 heavy (non-hydrogen) atoms. The van der Waals surface area contributed by atoms with Crippen LogP contribution in [0.1, 0.15) is 90.8 Å². The lowest BCUT2D eigenvalue weighted by Gasteiger charge is -2.37. The van der Waals surface area contributed by atoms with E-state index in [1.165, 1.54) is 35.8 Å². The molecule has 5 N–H and O–H groups in total. The summed E-state index contributed by atoms with van der Waals surface area (Å²) in [5.41, 5.74) is 7.67. The van der Waals surface area contributed by atoms with Gasteiger partial charge in [-0.15, -0.1) is 0 Å². The predicted octanol–water partition coefficient (Wildman–Crippen LogP) is 7.26. The number of primary amides is 1. The lowest BCUT2D eigenvalue weighted by atomic mass is 9.77. The second kappa shape index (κ2) is 18.9. The smallest absolute Gasteiger partial charge is 0.329 e. The number of anilines is 1. The molecule has 3 aliphatic heterocycles. The fourth-order valence-electron chi connectivity index (χ4n) is 10.7. The van der Waals surface area contributed by atoms with Crippen LogP contribution in [0.5, 0.6) is 11.5 Å². The van der Waals surface area contributed by atoms with Gasteiger partial charge in [0.05, 0.1) is 23.2 Å². The van der Waals surface area contributed by atoms with E-state index in [9.17, 15) is 19.2 Å². The molecule has 1 saturated carbocycles. The van der Waals surface area contributed by atoms with Gasteiger partial charge in [-0.1, -0.05) is 54.9 Å². The molecule has 2 unspecified atom stereocenters. The third-order valence-electron chi connectivity index (χ3n) is 14.5. The Bertz CT molecular complexity index is 2740. The zero-order valence-electron chi connectivity index (χ0n) is 37.8. The molecule has 0 bridgehead atoms. The molecular weight excluding hydrogens is 882 g/mol. The number of piperidine rings is 1. The first kappa shape index (κ1) is 46.0.